The molecule has 0 aliphatic rings. The molecule has 0 spiro atoms. The van der Waals surface area contributed by atoms with Gasteiger partial charge < -0.3 is 5.32 Å². The summed E-state index contributed by atoms with van der Waals surface area (Å²) in [5.41, 5.74) is 1.83. The van der Waals surface area contributed by atoms with Crippen LogP contribution in [0.15, 0.2) is 24.3 Å². The number of quaternary nitrogens is 1. The molecule has 0 saturated heterocycles. The topological polar surface area (TPSA) is 29.1 Å². The largest absolute Gasteiger partial charge is 0.326 e. The normalized spacial score (nSPS) is 12.3. The van der Waals surface area contributed by atoms with Gasteiger partial charge in [0.05, 0.1) is 21.1 Å². The van der Waals surface area contributed by atoms with E-state index < -0.39 is 0 Å². The van der Waals surface area contributed by atoms with Crippen molar-refractivity contribution in [2.75, 3.05) is 26.5 Å². The lowest BCUT2D eigenvalue weighted by Gasteiger charge is -2.31. The Morgan fingerprint density at radius 1 is 0.957 bits per heavy atom. The second kappa shape index (κ2) is 7.96. The molecule has 23 heavy (non-hydrogen) atoms. The number of carbonyl (C=O) groups excluding carboxylic acids is 1. The lowest BCUT2D eigenvalue weighted by Crippen LogP contribution is -2.35. The minimum atomic E-state index is -0.378. The number of anilines is 1. The van der Waals surface area contributed by atoms with Crippen LogP contribution in [0.5, 0.6) is 0 Å². The van der Waals surface area contributed by atoms with Gasteiger partial charge in [-0.25, -0.2) is 0 Å². The first-order valence-electron chi connectivity index (χ1n) is 8.55. The van der Waals surface area contributed by atoms with Crippen molar-refractivity contribution in [2.24, 2.45) is 10.8 Å². The molecule has 1 aromatic carbocycles. The van der Waals surface area contributed by atoms with Crippen LogP contribution in [0.3, 0.4) is 0 Å². The summed E-state index contributed by atoms with van der Waals surface area (Å²) in [7, 11) is 6.38. The average Bonchev–Trinajstić information content (AvgIpc) is 2.38. The Balaban J connectivity index is 0.00000232. The molecule has 0 aliphatic heterocycles. The molecule has 0 saturated carbocycles. The lowest BCUT2D eigenvalue weighted by atomic mass is 9.75. The molecule has 1 N–H and O–H groups in total. The Kier molecular flexibility index (Phi) is 7.49. The molecule has 1 aromatic rings. The highest BCUT2D eigenvalue weighted by atomic mass is 16.2. The molecule has 0 aliphatic carbocycles. The summed E-state index contributed by atoms with van der Waals surface area (Å²) < 4.78 is 0.768. The molecular formula is C20H37N2O+. The van der Waals surface area contributed by atoms with Crippen molar-refractivity contribution in [3.05, 3.63) is 24.3 Å². The Morgan fingerprint density at radius 2 is 1.39 bits per heavy atom. The zero-order valence-electron chi connectivity index (χ0n) is 16.9. The smallest absolute Gasteiger partial charge is 0.230 e. The van der Waals surface area contributed by atoms with Gasteiger partial charge >= 0.3 is 0 Å². The molecule has 0 atom stereocenters. The molecule has 0 bridgehead atoms. The molecule has 0 radical (unpaired) electrons. The molecule has 0 unspecified atom stereocenters. The Hall–Kier alpha value is -1.35. The van der Waals surface area contributed by atoms with E-state index in [2.05, 4.69) is 59.4 Å². The summed E-state index contributed by atoms with van der Waals surface area (Å²) in [5, 5.41) is 3.04. The minimum absolute atomic E-state index is 0.0791. The number of nitrogens with one attached hydrogen (secondary N) is 1. The summed E-state index contributed by atoms with van der Waals surface area (Å²) in [6.07, 6.45) is 0.850. The molecular weight excluding hydrogens is 284 g/mol. The Bertz CT molecular complexity index is 488. The number of amides is 1. The van der Waals surface area contributed by atoms with Crippen LogP contribution in [0.4, 0.5) is 11.4 Å². The van der Waals surface area contributed by atoms with Crippen molar-refractivity contribution in [3.63, 3.8) is 0 Å². The highest BCUT2D eigenvalue weighted by Crippen LogP contribution is 2.34. The van der Waals surface area contributed by atoms with Crippen LogP contribution < -0.4 is 9.80 Å². The molecule has 0 fully saturated rings. The maximum atomic E-state index is 12.5. The molecule has 0 heterocycles. The first-order valence-corrected chi connectivity index (χ1v) is 8.55. The highest BCUT2D eigenvalue weighted by Gasteiger charge is 2.32. The third kappa shape index (κ3) is 7.65. The molecule has 0 aromatic heterocycles. The molecule has 3 nitrogen and oxygen atoms in total. The Labute approximate surface area is 143 Å². The first-order chi connectivity index (χ1) is 10.3. The van der Waals surface area contributed by atoms with E-state index in [1.807, 2.05) is 39.8 Å². The van der Waals surface area contributed by atoms with Gasteiger partial charge in [-0.15, -0.1) is 0 Å². The highest BCUT2D eigenvalue weighted by molar-refractivity contribution is 5.94. The number of nitrogens with zero attached hydrogens (tertiary/aromatic N) is 1. The second-order valence-corrected chi connectivity index (χ2v) is 8.63. The zero-order chi connectivity index (χ0) is 18.5. The van der Waals surface area contributed by atoms with Crippen molar-refractivity contribution in [3.8, 4) is 0 Å². The van der Waals surface area contributed by atoms with Crippen molar-refractivity contribution in [2.45, 2.75) is 54.9 Å². The van der Waals surface area contributed by atoms with E-state index in [-0.39, 0.29) is 16.7 Å². The second-order valence-electron chi connectivity index (χ2n) is 8.63. The van der Waals surface area contributed by atoms with Gasteiger partial charge in [0.1, 0.15) is 5.69 Å². The van der Waals surface area contributed by atoms with E-state index in [0.29, 0.717) is 0 Å². The van der Waals surface area contributed by atoms with E-state index in [1.165, 1.54) is 5.69 Å². The molecule has 1 rings (SSSR count). The van der Waals surface area contributed by atoms with Crippen LogP contribution in [0, 0.1) is 10.8 Å². The Morgan fingerprint density at radius 3 is 1.74 bits per heavy atom. The van der Waals surface area contributed by atoms with Gasteiger partial charge in [0.25, 0.3) is 0 Å². The van der Waals surface area contributed by atoms with Gasteiger partial charge in [0.2, 0.25) is 5.91 Å². The van der Waals surface area contributed by atoms with Gasteiger partial charge in [0.15, 0.2) is 0 Å². The number of carbonyl (C=O) groups is 1. The lowest BCUT2D eigenvalue weighted by molar-refractivity contribution is -0.125. The minimum Gasteiger partial charge on any atom is -0.326 e. The van der Waals surface area contributed by atoms with E-state index in [4.69, 9.17) is 0 Å². The summed E-state index contributed by atoms with van der Waals surface area (Å²) in [5.74, 6) is 0.0791. The van der Waals surface area contributed by atoms with E-state index in [9.17, 15) is 4.79 Å². The summed E-state index contributed by atoms with van der Waals surface area (Å²) in [4.78, 5) is 12.5. The summed E-state index contributed by atoms with van der Waals surface area (Å²) >= 11 is 0. The third-order valence-electron chi connectivity index (χ3n) is 3.49. The van der Waals surface area contributed by atoms with Crippen molar-refractivity contribution in [1.82, 2.24) is 4.48 Å². The third-order valence-corrected chi connectivity index (χ3v) is 3.49. The molecule has 1 amide bonds. The number of hydrogen-bond acceptors (Lipinski definition) is 1. The van der Waals surface area contributed by atoms with Gasteiger partial charge in [0, 0.05) is 23.2 Å². The number of benzene rings is 1. The van der Waals surface area contributed by atoms with E-state index in [1.54, 1.807) is 0 Å². The van der Waals surface area contributed by atoms with Crippen molar-refractivity contribution < 1.29 is 4.79 Å². The SMILES string of the molecule is CC.CC(C)(C)CC(C)(C)C(=O)Nc1ccc([N+](C)(C)C)cc1. The van der Waals surface area contributed by atoms with Crippen LogP contribution in [0.25, 0.3) is 0 Å². The number of hydrogen-bond donors (Lipinski definition) is 1. The number of rotatable bonds is 4. The fraction of sp³-hybridized carbons (Fsp3) is 0.650. The van der Waals surface area contributed by atoms with Crippen LogP contribution in [0.2, 0.25) is 0 Å². The van der Waals surface area contributed by atoms with Gasteiger partial charge in [-0.1, -0.05) is 48.5 Å². The maximum Gasteiger partial charge on any atom is 0.230 e. The fourth-order valence-corrected chi connectivity index (χ4v) is 2.70. The van der Waals surface area contributed by atoms with Gasteiger partial charge in [-0.2, -0.15) is 0 Å². The predicted molar refractivity (Wildman–Crippen MR) is 104 cm³/mol. The standard InChI is InChI=1S/C18H30N2O.C2H6/c1-17(2,3)13-18(4,5)16(21)19-14-9-11-15(12-10-14)20(6,7)8;1-2/h9-12H,13H2,1-8H3;1-2H3/p+1. The van der Waals surface area contributed by atoms with Gasteiger partial charge in [-0.05, 0) is 24.0 Å². The van der Waals surface area contributed by atoms with Crippen molar-refractivity contribution >= 4 is 17.3 Å². The van der Waals surface area contributed by atoms with Crippen LogP contribution in [-0.2, 0) is 4.79 Å². The van der Waals surface area contributed by atoms with Crippen molar-refractivity contribution in [1.29, 1.82) is 0 Å². The molecule has 3 heteroatoms. The van der Waals surface area contributed by atoms with Crippen LogP contribution in [-0.4, -0.2) is 27.1 Å². The summed E-state index contributed by atoms with van der Waals surface area (Å²) in [6, 6.07) is 8.08. The zero-order valence-corrected chi connectivity index (χ0v) is 16.9. The first kappa shape index (κ1) is 21.6. The van der Waals surface area contributed by atoms with Gasteiger partial charge in [-0.3, -0.25) is 9.28 Å². The molecule has 132 valence electrons. The average molecular weight is 322 g/mol. The predicted octanol–water partition coefficient (Wildman–Crippen LogP) is 5.31. The maximum absolute atomic E-state index is 12.5. The van der Waals surface area contributed by atoms with E-state index >= 15 is 0 Å². The van der Waals surface area contributed by atoms with Crippen LogP contribution >= 0.6 is 0 Å². The summed E-state index contributed by atoms with van der Waals surface area (Å²) in [6.45, 7) is 14.5. The van der Waals surface area contributed by atoms with E-state index in [0.717, 1.165) is 16.6 Å². The van der Waals surface area contributed by atoms with Crippen LogP contribution in [0.1, 0.15) is 54.9 Å². The fourth-order valence-electron chi connectivity index (χ4n) is 2.70. The quantitative estimate of drug-likeness (QED) is 0.748. The monoisotopic (exact) mass is 321 g/mol.